The maximum Gasteiger partial charge on any atom is 0.119 e. The van der Waals surface area contributed by atoms with Crippen molar-refractivity contribution >= 4 is 23.4 Å². The molecular weight excluding hydrogens is 306 g/mol. The van der Waals surface area contributed by atoms with Crippen LogP contribution in [-0.4, -0.2) is 41.9 Å². The van der Waals surface area contributed by atoms with Crippen LogP contribution in [0.2, 0.25) is 5.02 Å². The van der Waals surface area contributed by atoms with E-state index in [1.165, 1.54) is 25.7 Å². The number of benzene rings is 1. The number of aliphatic hydroxyl groups is 1. The molecule has 5 heteroatoms. The van der Waals surface area contributed by atoms with Crippen LogP contribution in [-0.2, 0) is 0 Å². The molecule has 0 spiro atoms. The molecule has 1 aromatic carbocycles. The highest BCUT2D eigenvalue weighted by molar-refractivity contribution is 8.00. The van der Waals surface area contributed by atoms with Gasteiger partial charge in [0.25, 0.3) is 0 Å². The molecule has 2 rings (SSSR count). The lowest BCUT2D eigenvalue weighted by Crippen LogP contribution is -2.40. The summed E-state index contributed by atoms with van der Waals surface area (Å²) in [5.41, 5.74) is 0. The van der Waals surface area contributed by atoms with Crippen LogP contribution in [0.25, 0.3) is 0 Å². The quantitative estimate of drug-likeness (QED) is 0.767. The molecule has 0 bridgehead atoms. The van der Waals surface area contributed by atoms with Crippen molar-refractivity contribution in [3.05, 3.63) is 29.3 Å². The van der Waals surface area contributed by atoms with Gasteiger partial charge in [0.1, 0.15) is 18.5 Å². The molecule has 118 valence electrons. The van der Waals surface area contributed by atoms with E-state index in [-0.39, 0.29) is 0 Å². The maximum absolute atomic E-state index is 9.98. The van der Waals surface area contributed by atoms with Gasteiger partial charge >= 0.3 is 0 Å². The smallest absolute Gasteiger partial charge is 0.119 e. The van der Waals surface area contributed by atoms with Gasteiger partial charge in [0.15, 0.2) is 0 Å². The molecule has 0 amide bonds. The van der Waals surface area contributed by atoms with E-state index in [0.717, 1.165) is 12.3 Å². The lowest BCUT2D eigenvalue weighted by Gasteiger charge is -2.27. The normalized spacial score (nSPS) is 18.6. The minimum Gasteiger partial charge on any atom is -0.491 e. The van der Waals surface area contributed by atoms with E-state index < -0.39 is 6.10 Å². The Bertz CT molecular complexity index is 421. The second kappa shape index (κ2) is 8.28. The molecule has 0 aliphatic heterocycles. The molecular formula is C16H24ClNO2S. The molecule has 0 aromatic heterocycles. The number of thioether (sulfide) groups is 1. The minimum absolute atomic E-state index is 0.293. The fraction of sp³-hybridized carbons (Fsp3) is 0.625. The lowest BCUT2D eigenvalue weighted by atomic mass is 10.1. The van der Waals surface area contributed by atoms with Gasteiger partial charge in [-0.05, 0) is 43.4 Å². The van der Waals surface area contributed by atoms with Crippen LogP contribution in [0.1, 0.15) is 25.7 Å². The molecule has 0 heterocycles. The average Bonchev–Trinajstić information content (AvgIpc) is 2.96. The first kappa shape index (κ1) is 16.9. The summed E-state index contributed by atoms with van der Waals surface area (Å²) in [6.45, 7) is 1.82. The van der Waals surface area contributed by atoms with Gasteiger partial charge in [0.05, 0.1) is 0 Å². The standard InChI is InChI=1S/C16H24ClNO2S/c1-21-16(8-2-3-9-16)12-18-10-14(19)11-20-15-6-4-13(17)5-7-15/h4-7,14,18-19H,2-3,8-12H2,1H3. The lowest BCUT2D eigenvalue weighted by molar-refractivity contribution is 0.106. The Labute approximate surface area is 136 Å². The fourth-order valence-corrected chi connectivity index (χ4v) is 3.79. The first-order chi connectivity index (χ1) is 10.1. The van der Waals surface area contributed by atoms with Gasteiger partial charge < -0.3 is 15.2 Å². The maximum atomic E-state index is 9.98. The molecule has 2 N–H and O–H groups in total. The number of hydrogen-bond acceptors (Lipinski definition) is 4. The highest BCUT2D eigenvalue weighted by atomic mass is 35.5. The number of nitrogens with one attached hydrogen (secondary N) is 1. The molecule has 0 radical (unpaired) electrons. The molecule has 1 aliphatic carbocycles. The summed E-state index contributed by atoms with van der Waals surface area (Å²) in [4.78, 5) is 0. The van der Waals surface area contributed by atoms with Crippen LogP contribution in [0, 0.1) is 0 Å². The van der Waals surface area contributed by atoms with E-state index in [1.54, 1.807) is 12.1 Å². The number of ether oxygens (including phenoxy) is 1. The summed E-state index contributed by atoms with van der Waals surface area (Å²) in [6.07, 6.45) is 6.89. The molecule has 1 aliphatic rings. The Kier molecular flexibility index (Phi) is 6.68. The first-order valence-electron chi connectivity index (χ1n) is 7.46. The van der Waals surface area contributed by atoms with Gasteiger partial charge in [-0.3, -0.25) is 0 Å². The summed E-state index contributed by atoms with van der Waals surface area (Å²) >= 11 is 7.77. The van der Waals surface area contributed by atoms with Crippen molar-refractivity contribution in [1.29, 1.82) is 0 Å². The van der Waals surface area contributed by atoms with Crippen molar-refractivity contribution in [1.82, 2.24) is 5.32 Å². The SMILES string of the molecule is CSC1(CNCC(O)COc2ccc(Cl)cc2)CCCC1. The van der Waals surface area contributed by atoms with Crippen molar-refractivity contribution in [3.8, 4) is 5.75 Å². The van der Waals surface area contributed by atoms with E-state index in [0.29, 0.717) is 22.9 Å². The molecule has 0 saturated heterocycles. The predicted octanol–water partition coefficient (Wildman–Crippen LogP) is 3.35. The second-order valence-corrected chi connectivity index (χ2v) is 7.35. The van der Waals surface area contributed by atoms with E-state index in [9.17, 15) is 5.11 Å². The predicted molar refractivity (Wildman–Crippen MR) is 90.5 cm³/mol. The highest BCUT2D eigenvalue weighted by Crippen LogP contribution is 2.39. The van der Waals surface area contributed by atoms with E-state index in [2.05, 4.69) is 11.6 Å². The third kappa shape index (κ3) is 5.37. The van der Waals surface area contributed by atoms with Crippen LogP contribution in [0.4, 0.5) is 0 Å². The zero-order chi connectivity index (χ0) is 15.1. The summed E-state index contributed by atoms with van der Waals surface area (Å²) in [7, 11) is 0. The van der Waals surface area contributed by atoms with Crippen molar-refractivity contribution in [2.24, 2.45) is 0 Å². The van der Waals surface area contributed by atoms with E-state index >= 15 is 0 Å². The third-order valence-corrected chi connectivity index (χ3v) is 5.70. The third-order valence-electron chi connectivity index (χ3n) is 4.03. The number of halogens is 1. The largest absolute Gasteiger partial charge is 0.491 e. The molecule has 1 saturated carbocycles. The van der Waals surface area contributed by atoms with Crippen molar-refractivity contribution in [2.75, 3.05) is 26.0 Å². The van der Waals surface area contributed by atoms with Crippen LogP contribution in [0.15, 0.2) is 24.3 Å². The minimum atomic E-state index is -0.499. The van der Waals surface area contributed by atoms with Gasteiger partial charge in [0.2, 0.25) is 0 Å². The van der Waals surface area contributed by atoms with E-state index in [4.69, 9.17) is 16.3 Å². The Morgan fingerprint density at radius 2 is 2.00 bits per heavy atom. The summed E-state index contributed by atoms with van der Waals surface area (Å²) < 4.78 is 5.91. The zero-order valence-corrected chi connectivity index (χ0v) is 14.1. The van der Waals surface area contributed by atoms with Crippen molar-refractivity contribution in [3.63, 3.8) is 0 Å². The van der Waals surface area contributed by atoms with Gasteiger partial charge in [-0.25, -0.2) is 0 Å². The molecule has 3 nitrogen and oxygen atoms in total. The Morgan fingerprint density at radius 3 is 2.62 bits per heavy atom. The summed E-state index contributed by atoms with van der Waals surface area (Å²) in [5, 5.41) is 14.1. The van der Waals surface area contributed by atoms with Crippen LogP contribution >= 0.6 is 23.4 Å². The summed E-state index contributed by atoms with van der Waals surface area (Å²) in [6, 6.07) is 7.18. The van der Waals surface area contributed by atoms with Crippen LogP contribution in [0.3, 0.4) is 0 Å². The average molecular weight is 330 g/mol. The van der Waals surface area contributed by atoms with Gasteiger partial charge in [-0.2, -0.15) is 11.8 Å². The van der Waals surface area contributed by atoms with Crippen molar-refractivity contribution in [2.45, 2.75) is 36.5 Å². The molecule has 21 heavy (non-hydrogen) atoms. The number of rotatable bonds is 8. The molecule has 1 unspecified atom stereocenters. The first-order valence-corrected chi connectivity index (χ1v) is 9.06. The Balaban J connectivity index is 1.65. The molecule has 1 fully saturated rings. The van der Waals surface area contributed by atoms with Gasteiger partial charge in [-0.1, -0.05) is 24.4 Å². The summed E-state index contributed by atoms with van der Waals surface area (Å²) in [5.74, 6) is 0.731. The number of hydrogen-bond donors (Lipinski definition) is 2. The van der Waals surface area contributed by atoms with Gasteiger partial charge in [0, 0.05) is 22.9 Å². The van der Waals surface area contributed by atoms with Crippen LogP contribution in [0.5, 0.6) is 5.75 Å². The van der Waals surface area contributed by atoms with Crippen LogP contribution < -0.4 is 10.1 Å². The Hall–Kier alpha value is -0.420. The fourth-order valence-electron chi connectivity index (χ4n) is 2.72. The number of aliphatic hydroxyl groups excluding tert-OH is 1. The van der Waals surface area contributed by atoms with E-state index in [1.807, 2.05) is 23.9 Å². The highest BCUT2D eigenvalue weighted by Gasteiger charge is 2.32. The second-order valence-electron chi connectivity index (χ2n) is 5.64. The monoisotopic (exact) mass is 329 g/mol. The van der Waals surface area contributed by atoms with Crippen molar-refractivity contribution < 1.29 is 9.84 Å². The topological polar surface area (TPSA) is 41.5 Å². The zero-order valence-electron chi connectivity index (χ0n) is 12.5. The molecule has 1 atom stereocenters. The Morgan fingerprint density at radius 1 is 1.33 bits per heavy atom. The molecule has 1 aromatic rings. The van der Waals surface area contributed by atoms with Gasteiger partial charge in [-0.15, -0.1) is 0 Å².